The molecular formula is C12H22N2O2. The van der Waals surface area contributed by atoms with Crippen molar-refractivity contribution in [1.29, 1.82) is 0 Å². The van der Waals surface area contributed by atoms with Gasteiger partial charge in [0.25, 0.3) is 0 Å². The minimum atomic E-state index is 0.0496. The maximum Gasteiger partial charge on any atom is 0.239 e. The summed E-state index contributed by atoms with van der Waals surface area (Å²) in [4.78, 5) is 14.0. The first-order valence-electron chi connectivity index (χ1n) is 6.35. The first kappa shape index (κ1) is 11.9. The predicted octanol–water partition coefficient (Wildman–Crippen LogP) is 0.623. The summed E-state index contributed by atoms with van der Waals surface area (Å²) in [7, 11) is 1.87. The molecule has 16 heavy (non-hydrogen) atoms. The first-order valence-corrected chi connectivity index (χ1v) is 6.35. The van der Waals surface area contributed by atoms with Gasteiger partial charge in [0.2, 0.25) is 5.91 Å². The molecule has 2 heterocycles. The summed E-state index contributed by atoms with van der Waals surface area (Å²) in [6.07, 6.45) is 4.37. The predicted molar refractivity (Wildman–Crippen MR) is 62.2 cm³/mol. The smallest absolute Gasteiger partial charge is 0.239 e. The molecule has 0 bridgehead atoms. The normalized spacial score (nSPS) is 31.1. The van der Waals surface area contributed by atoms with Gasteiger partial charge in [-0.3, -0.25) is 4.79 Å². The second-order valence-corrected chi connectivity index (χ2v) is 4.83. The van der Waals surface area contributed by atoms with Gasteiger partial charge < -0.3 is 15.0 Å². The van der Waals surface area contributed by atoms with Gasteiger partial charge in [0, 0.05) is 26.3 Å². The van der Waals surface area contributed by atoms with Crippen LogP contribution < -0.4 is 5.32 Å². The van der Waals surface area contributed by atoms with Crippen LogP contribution in [-0.2, 0) is 9.53 Å². The van der Waals surface area contributed by atoms with E-state index >= 15 is 0 Å². The Morgan fingerprint density at radius 1 is 1.50 bits per heavy atom. The Morgan fingerprint density at radius 2 is 2.38 bits per heavy atom. The van der Waals surface area contributed by atoms with Crippen LogP contribution >= 0.6 is 0 Å². The average molecular weight is 226 g/mol. The molecule has 4 nitrogen and oxygen atoms in total. The van der Waals surface area contributed by atoms with Gasteiger partial charge in [0.15, 0.2) is 0 Å². The maximum atomic E-state index is 12.0. The quantitative estimate of drug-likeness (QED) is 0.764. The van der Waals surface area contributed by atoms with Crippen molar-refractivity contribution in [3.8, 4) is 0 Å². The van der Waals surface area contributed by atoms with Gasteiger partial charge in [-0.2, -0.15) is 0 Å². The van der Waals surface area contributed by atoms with Crippen molar-refractivity contribution in [3.05, 3.63) is 0 Å². The van der Waals surface area contributed by atoms with Crippen LogP contribution in [0.4, 0.5) is 0 Å². The van der Waals surface area contributed by atoms with Crippen LogP contribution in [0, 0.1) is 5.92 Å². The highest BCUT2D eigenvalue weighted by molar-refractivity contribution is 5.82. The lowest BCUT2D eigenvalue weighted by Gasteiger charge is -2.32. The van der Waals surface area contributed by atoms with E-state index in [1.807, 2.05) is 11.9 Å². The van der Waals surface area contributed by atoms with E-state index in [9.17, 15) is 4.79 Å². The lowest BCUT2D eigenvalue weighted by Crippen LogP contribution is -2.50. The number of piperidine rings is 1. The van der Waals surface area contributed by atoms with Crippen molar-refractivity contribution in [3.63, 3.8) is 0 Å². The van der Waals surface area contributed by atoms with Crippen LogP contribution in [0.15, 0.2) is 0 Å². The third-order valence-electron chi connectivity index (χ3n) is 3.71. The number of ether oxygens (including phenoxy) is 1. The van der Waals surface area contributed by atoms with Crippen LogP contribution in [-0.4, -0.2) is 50.2 Å². The van der Waals surface area contributed by atoms with E-state index in [0.29, 0.717) is 5.92 Å². The third-order valence-corrected chi connectivity index (χ3v) is 3.71. The molecule has 2 rings (SSSR count). The number of carbonyl (C=O) groups is 1. The Bertz CT molecular complexity index is 239. The topological polar surface area (TPSA) is 41.6 Å². The van der Waals surface area contributed by atoms with Gasteiger partial charge in [0.1, 0.15) is 0 Å². The third kappa shape index (κ3) is 2.74. The number of carbonyl (C=O) groups excluding carboxylic acids is 1. The highest BCUT2D eigenvalue weighted by Gasteiger charge is 2.27. The molecular weight excluding hydrogens is 204 g/mol. The molecule has 1 amide bonds. The fourth-order valence-electron chi connectivity index (χ4n) is 2.58. The highest BCUT2D eigenvalue weighted by Crippen LogP contribution is 2.18. The molecule has 4 heteroatoms. The molecule has 0 aromatic heterocycles. The van der Waals surface area contributed by atoms with Gasteiger partial charge in [-0.1, -0.05) is 0 Å². The monoisotopic (exact) mass is 226 g/mol. The maximum absolute atomic E-state index is 12.0. The minimum Gasteiger partial charge on any atom is -0.381 e. The SMILES string of the molecule is CNC1CCCN(CCC2CCOC2)C1=O. The summed E-state index contributed by atoms with van der Waals surface area (Å²) in [5, 5.41) is 3.10. The van der Waals surface area contributed by atoms with Gasteiger partial charge >= 0.3 is 0 Å². The Hall–Kier alpha value is -0.610. The largest absolute Gasteiger partial charge is 0.381 e. The zero-order chi connectivity index (χ0) is 11.4. The van der Waals surface area contributed by atoms with E-state index in [-0.39, 0.29) is 11.9 Å². The molecule has 2 aliphatic rings. The number of rotatable bonds is 4. The molecule has 1 N–H and O–H groups in total. The molecule has 0 aromatic carbocycles. The number of likely N-dealkylation sites (tertiary alicyclic amines) is 1. The Morgan fingerprint density at radius 3 is 3.06 bits per heavy atom. The van der Waals surface area contributed by atoms with Crippen molar-refractivity contribution in [2.45, 2.75) is 31.7 Å². The van der Waals surface area contributed by atoms with Crippen molar-refractivity contribution >= 4 is 5.91 Å². The first-order chi connectivity index (χ1) is 7.81. The van der Waals surface area contributed by atoms with Crippen molar-refractivity contribution in [1.82, 2.24) is 10.2 Å². The van der Waals surface area contributed by atoms with Gasteiger partial charge in [0.05, 0.1) is 6.04 Å². The molecule has 0 aliphatic carbocycles. The standard InChI is InChI=1S/C12H22N2O2/c1-13-11-3-2-6-14(12(11)15)7-4-10-5-8-16-9-10/h10-11,13H,2-9H2,1H3. The lowest BCUT2D eigenvalue weighted by atomic mass is 10.0. The number of nitrogens with zero attached hydrogens (tertiary/aromatic N) is 1. The van der Waals surface area contributed by atoms with E-state index in [1.165, 1.54) is 0 Å². The van der Waals surface area contributed by atoms with Crippen LogP contribution in [0.25, 0.3) is 0 Å². The van der Waals surface area contributed by atoms with E-state index < -0.39 is 0 Å². The molecule has 0 spiro atoms. The fraction of sp³-hybridized carbons (Fsp3) is 0.917. The zero-order valence-electron chi connectivity index (χ0n) is 10.1. The molecule has 92 valence electrons. The molecule has 2 fully saturated rings. The van der Waals surface area contributed by atoms with E-state index in [1.54, 1.807) is 0 Å². The Kier molecular flexibility index (Phi) is 4.18. The minimum absolute atomic E-state index is 0.0496. The Labute approximate surface area is 97.3 Å². The van der Waals surface area contributed by atoms with E-state index in [2.05, 4.69) is 5.32 Å². The van der Waals surface area contributed by atoms with E-state index in [0.717, 1.165) is 52.0 Å². The van der Waals surface area contributed by atoms with Crippen molar-refractivity contribution in [2.75, 3.05) is 33.4 Å². The summed E-state index contributed by atoms with van der Waals surface area (Å²) >= 11 is 0. The van der Waals surface area contributed by atoms with Crippen LogP contribution in [0.5, 0.6) is 0 Å². The molecule has 0 radical (unpaired) electrons. The molecule has 2 saturated heterocycles. The lowest BCUT2D eigenvalue weighted by molar-refractivity contribution is -0.136. The average Bonchev–Trinajstić information content (AvgIpc) is 2.81. The Balaban J connectivity index is 1.77. The van der Waals surface area contributed by atoms with Gasteiger partial charge in [-0.25, -0.2) is 0 Å². The van der Waals surface area contributed by atoms with Gasteiger partial charge in [-0.15, -0.1) is 0 Å². The second-order valence-electron chi connectivity index (χ2n) is 4.83. The second kappa shape index (κ2) is 5.64. The summed E-state index contributed by atoms with van der Waals surface area (Å²) < 4.78 is 5.35. The summed E-state index contributed by atoms with van der Waals surface area (Å²) in [5.74, 6) is 0.954. The summed E-state index contributed by atoms with van der Waals surface area (Å²) in [5.41, 5.74) is 0. The van der Waals surface area contributed by atoms with Crippen LogP contribution in [0.1, 0.15) is 25.7 Å². The fourth-order valence-corrected chi connectivity index (χ4v) is 2.58. The number of likely N-dealkylation sites (N-methyl/N-ethyl adjacent to an activating group) is 1. The number of nitrogens with one attached hydrogen (secondary N) is 1. The molecule has 2 atom stereocenters. The zero-order valence-corrected chi connectivity index (χ0v) is 10.1. The van der Waals surface area contributed by atoms with Crippen LogP contribution in [0.2, 0.25) is 0 Å². The summed E-state index contributed by atoms with van der Waals surface area (Å²) in [6, 6.07) is 0.0496. The molecule has 0 aromatic rings. The summed E-state index contributed by atoms with van der Waals surface area (Å²) in [6.45, 7) is 3.63. The van der Waals surface area contributed by atoms with Crippen molar-refractivity contribution < 1.29 is 9.53 Å². The molecule has 2 aliphatic heterocycles. The number of amides is 1. The molecule has 0 saturated carbocycles. The van der Waals surface area contributed by atoms with Crippen molar-refractivity contribution in [2.24, 2.45) is 5.92 Å². The highest BCUT2D eigenvalue weighted by atomic mass is 16.5. The number of hydrogen-bond acceptors (Lipinski definition) is 3. The van der Waals surface area contributed by atoms with E-state index in [4.69, 9.17) is 4.74 Å². The number of hydrogen-bond donors (Lipinski definition) is 1. The van der Waals surface area contributed by atoms with Crippen LogP contribution in [0.3, 0.4) is 0 Å². The molecule has 2 unspecified atom stereocenters. The van der Waals surface area contributed by atoms with Gasteiger partial charge in [-0.05, 0) is 38.6 Å².